The van der Waals surface area contributed by atoms with E-state index in [1.54, 1.807) is 12.1 Å². The number of thioether (sulfide) groups is 1. The molecule has 0 saturated carbocycles. The predicted molar refractivity (Wildman–Crippen MR) is 120 cm³/mol. The highest BCUT2D eigenvalue weighted by molar-refractivity contribution is 7.99. The third-order valence-electron chi connectivity index (χ3n) is 6.01. The number of aromatic nitrogens is 4. The molecule has 0 bridgehead atoms. The number of carbonyl (C=O) groups is 1. The molecule has 2 aromatic carbocycles. The zero-order valence-corrected chi connectivity index (χ0v) is 18.2. The maximum atomic E-state index is 14.3. The van der Waals surface area contributed by atoms with Gasteiger partial charge < -0.3 is 9.47 Å². The standard InChI is InChI=1S/C23H24FN5OS/c1-16-8-6-7-13-27(16)21(30)15-31-23-26-25-22-28(14-17-9-2-3-10-18(17)24)19-11-4-5-12-20(19)29(22)23/h2-5,9-12,16H,6-8,13-15H2,1H3/t16-/m0/s1. The average molecular weight is 438 g/mol. The molecule has 0 unspecified atom stereocenters. The van der Waals surface area contributed by atoms with Gasteiger partial charge in [-0.2, -0.15) is 0 Å². The summed E-state index contributed by atoms with van der Waals surface area (Å²) in [5, 5.41) is 9.43. The van der Waals surface area contributed by atoms with Crippen LogP contribution in [0, 0.1) is 5.82 Å². The lowest BCUT2D eigenvalue weighted by Crippen LogP contribution is -2.42. The van der Waals surface area contributed by atoms with Crippen molar-refractivity contribution in [1.29, 1.82) is 0 Å². The first-order valence-corrected chi connectivity index (χ1v) is 11.6. The number of carbonyl (C=O) groups excluding carboxylic acids is 1. The Labute approximate surface area is 184 Å². The van der Waals surface area contributed by atoms with Gasteiger partial charge in [0.15, 0.2) is 5.16 Å². The van der Waals surface area contributed by atoms with Gasteiger partial charge in [0, 0.05) is 18.2 Å². The molecule has 160 valence electrons. The minimum atomic E-state index is -0.242. The van der Waals surface area contributed by atoms with Crippen molar-refractivity contribution in [2.24, 2.45) is 0 Å². The van der Waals surface area contributed by atoms with Crippen LogP contribution in [0.2, 0.25) is 0 Å². The molecule has 1 saturated heterocycles. The number of amides is 1. The maximum Gasteiger partial charge on any atom is 0.237 e. The summed E-state index contributed by atoms with van der Waals surface area (Å²) in [5.41, 5.74) is 2.49. The van der Waals surface area contributed by atoms with Gasteiger partial charge in [0.05, 0.1) is 23.3 Å². The van der Waals surface area contributed by atoms with Gasteiger partial charge in [-0.3, -0.25) is 9.20 Å². The fraction of sp³-hybridized carbons (Fsp3) is 0.348. The van der Waals surface area contributed by atoms with Crippen LogP contribution < -0.4 is 0 Å². The zero-order chi connectivity index (χ0) is 21.4. The van der Waals surface area contributed by atoms with Crippen LogP contribution in [0.3, 0.4) is 0 Å². The van der Waals surface area contributed by atoms with Crippen LogP contribution in [0.4, 0.5) is 4.39 Å². The van der Waals surface area contributed by atoms with Crippen LogP contribution >= 0.6 is 11.8 Å². The Kier molecular flexibility index (Phi) is 5.40. The molecule has 1 fully saturated rings. The Balaban J connectivity index is 1.47. The van der Waals surface area contributed by atoms with Gasteiger partial charge in [-0.05, 0) is 44.4 Å². The first-order valence-electron chi connectivity index (χ1n) is 10.6. The van der Waals surface area contributed by atoms with Gasteiger partial charge in [0.1, 0.15) is 5.82 Å². The number of benzene rings is 2. The summed E-state index contributed by atoms with van der Waals surface area (Å²) in [6, 6.07) is 15.0. The van der Waals surface area contributed by atoms with Crippen molar-refractivity contribution in [2.45, 2.75) is 43.9 Å². The predicted octanol–water partition coefficient (Wildman–Crippen LogP) is 4.36. The lowest BCUT2D eigenvalue weighted by molar-refractivity contribution is -0.131. The summed E-state index contributed by atoms with van der Waals surface area (Å²) in [5.74, 6) is 0.876. The Morgan fingerprint density at radius 1 is 1.10 bits per heavy atom. The number of piperidine rings is 1. The van der Waals surface area contributed by atoms with Gasteiger partial charge >= 0.3 is 0 Å². The highest BCUT2D eigenvalue weighted by Crippen LogP contribution is 2.28. The van der Waals surface area contributed by atoms with Gasteiger partial charge in [-0.1, -0.05) is 42.1 Å². The van der Waals surface area contributed by atoms with Gasteiger partial charge in [0.2, 0.25) is 11.7 Å². The number of hydrogen-bond acceptors (Lipinski definition) is 4. The second-order valence-corrected chi connectivity index (χ2v) is 8.95. The topological polar surface area (TPSA) is 55.4 Å². The molecule has 5 rings (SSSR count). The summed E-state index contributed by atoms with van der Waals surface area (Å²) in [7, 11) is 0. The smallest absolute Gasteiger partial charge is 0.237 e. The van der Waals surface area contributed by atoms with Crippen molar-refractivity contribution < 1.29 is 9.18 Å². The van der Waals surface area contributed by atoms with E-state index >= 15 is 0 Å². The average Bonchev–Trinajstić information content (AvgIpc) is 3.33. The molecule has 6 nitrogen and oxygen atoms in total. The molecular formula is C23H24FN5OS. The quantitative estimate of drug-likeness (QED) is 0.435. The molecule has 0 radical (unpaired) electrons. The zero-order valence-electron chi connectivity index (χ0n) is 17.4. The number of imidazole rings is 1. The van der Waals surface area contributed by atoms with Gasteiger partial charge in [0.25, 0.3) is 0 Å². The molecule has 3 heterocycles. The number of halogens is 1. The minimum absolute atomic E-state index is 0.143. The van der Waals surface area contributed by atoms with E-state index < -0.39 is 0 Å². The molecule has 1 aliphatic heterocycles. The largest absolute Gasteiger partial charge is 0.339 e. The van der Waals surface area contributed by atoms with Crippen molar-refractivity contribution in [1.82, 2.24) is 24.1 Å². The number of fused-ring (bicyclic) bond motifs is 3. The molecule has 0 aliphatic carbocycles. The second-order valence-electron chi connectivity index (χ2n) is 8.00. The van der Waals surface area contributed by atoms with Crippen LogP contribution in [-0.4, -0.2) is 48.3 Å². The van der Waals surface area contributed by atoms with Crippen molar-refractivity contribution >= 4 is 34.5 Å². The summed E-state index contributed by atoms with van der Waals surface area (Å²) in [6.45, 7) is 3.31. The van der Waals surface area contributed by atoms with Crippen molar-refractivity contribution in [2.75, 3.05) is 12.3 Å². The van der Waals surface area contributed by atoms with Crippen molar-refractivity contribution in [3.05, 3.63) is 59.9 Å². The van der Waals surface area contributed by atoms with E-state index in [0.717, 1.165) is 30.4 Å². The van der Waals surface area contributed by atoms with Gasteiger partial charge in [-0.25, -0.2) is 4.39 Å². The number of likely N-dealkylation sites (tertiary alicyclic amines) is 1. The summed E-state index contributed by atoms with van der Waals surface area (Å²) >= 11 is 1.41. The van der Waals surface area contributed by atoms with E-state index in [2.05, 4.69) is 17.1 Å². The third kappa shape index (κ3) is 3.69. The number of para-hydroxylation sites is 2. The second kappa shape index (κ2) is 8.34. The van der Waals surface area contributed by atoms with E-state index in [1.807, 2.05) is 44.2 Å². The van der Waals surface area contributed by atoms with Crippen molar-refractivity contribution in [3.63, 3.8) is 0 Å². The van der Waals surface area contributed by atoms with Crippen molar-refractivity contribution in [3.8, 4) is 0 Å². The number of rotatable bonds is 5. The van der Waals surface area contributed by atoms with E-state index in [1.165, 1.54) is 24.2 Å². The first-order chi connectivity index (χ1) is 15.1. The summed E-state index contributed by atoms with van der Waals surface area (Å²) in [6.07, 6.45) is 3.32. The molecular weight excluding hydrogens is 413 g/mol. The molecule has 0 N–H and O–H groups in total. The SMILES string of the molecule is C[C@H]1CCCCN1C(=O)CSc1nnc2n(Cc3ccccc3F)c3ccccc3n12. The van der Waals surface area contributed by atoms with Crippen LogP contribution in [-0.2, 0) is 11.3 Å². The molecule has 1 amide bonds. The van der Waals surface area contributed by atoms with E-state index in [9.17, 15) is 9.18 Å². The molecule has 1 aliphatic rings. The lowest BCUT2D eigenvalue weighted by atomic mass is 10.0. The highest BCUT2D eigenvalue weighted by Gasteiger charge is 2.24. The van der Waals surface area contributed by atoms with Crippen LogP contribution in [0.25, 0.3) is 16.8 Å². The summed E-state index contributed by atoms with van der Waals surface area (Å²) < 4.78 is 18.2. The minimum Gasteiger partial charge on any atom is -0.339 e. The number of hydrogen-bond donors (Lipinski definition) is 0. The van der Waals surface area contributed by atoms with Crippen LogP contribution in [0.1, 0.15) is 31.7 Å². The van der Waals surface area contributed by atoms with E-state index in [4.69, 9.17) is 0 Å². The number of nitrogens with zero attached hydrogens (tertiary/aromatic N) is 5. The monoisotopic (exact) mass is 437 g/mol. The Hall–Kier alpha value is -2.87. The van der Waals surface area contributed by atoms with Crippen LogP contribution in [0.5, 0.6) is 0 Å². The highest BCUT2D eigenvalue weighted by atomic mass is 32.2. The molecule has 0 spiro atoms. The van der Waals surface area contributed by atoms with E-state index in [0.29, 0.717) is 34.8 Å². The molecule has 8 heteroatoms. The molecule has 4 aromatic rings. The maximum absolute atomic E-state index is 14.3. The van der Waals surface area contributed by atoms with Crippen LogP contribution in [0.15, 0.2) is 53.7 Å². The fourth-order valence-corrected chi connectivity index (χ4v) is 5.19. The third-order valence-corrected chi connectivity index (χ3v) is 6.92. The molecule has 2 aromatic heterocycles. The normalized spacial score (nSPS) is 17.0. The molecule has 1 atom stereocenters. The van der Waals surface area contributed by atoms with Gasteiger partial charge in [-0.15, -0.1) is 10.2 Å². The Bertz CT molecular complexity index is 1250. The summed E-state index contributed by atoms with van der Waals surface area (Å²) in [4.78, 5) is 14.8. The molecule has 31 heavy (non-hydrogen) atoms. The lowest BCUT2D eigenvalue weighted by Gasteiger charge is -2.33. The Morgan fingerprint density at radius 3 is 2.68 bits per heavy atom. The fourth-order valence-electron chi connectivity index (χ4n) is 4.36. The Morgan fingerprint density at radius 2 is 1.87 bits per heavy atom. The first kappa shape index (κ1) is 20.1. The van der Waals surface area contributed by atoms with E-state index in [-0.39, 0.29) is 11.7 Å².